The lowest BCUT2D eigenvalue weighted by molar-refractivity contribution is 0.103. The highest BCUT2D eigenvalue weighted by Gasteiger charge is 2.22. The van der Waals surface area contributed by atoms with Crippen molar-refractivity contribution in [1.29, 1.82) is 0 Å². The van der Waals surface area contributed by atoms with Crippen molar-refractivity contribution in [3.05, 3.63) is 89.3 Å². The molecule has 0 aliphatic rings. The van der Waals surface area contributed by atoms with Crippen LogP contribution >= 0.6 is 11.3 Å². The van der Waals surface area contributed by atoms with Gasteiger partial charge in [0.2, 0.25) is 0 Å². The number of anilines is 2. The summed E-state index contributed by atoms with van der Waals surface area (Å²) in [5, 5.41) is 3.74. The van der Waals surface area contributed by atoms with Gasteiger partial charge in [0.1, 0.15) is 21.2 Å². The Morgan fingerprint density at radius 2 is 1.70 bits per heavy atom. The molecule has 0 spiro atoms. The van der Waals surface area contributed by atoms with Gasteiger partial charge in [-0.05, 0) is 67.4 Å². The maximum Gasteiger partial charge on any atom is 0.268 e. The Morgan fingerprint density at radius 3 is 2.41 bits per heavy atom. The number of rotatable bonds is 7. The Kier molecular flexibility index (Phi) is 6.79. The maximum atomic E-state index is 13.4. The first-order chi connectivity index (χ1) is 18.0. The monoisotopic (exact) mass is 509 g/mol. The Labute approximate surface area is 219 Å². The number of fused-ring (bicyclic) bond motifs is 1. The highest BCUT2D eigenvalue weighted by Crippen LogP contribution is 2.42. The summed E-state index contributed by atoms with van der Waals surface area (Å²) in [5.74, 6) is 1.09. The van der Waals surface area contributed by atoms with Crippen molar-refractivity contribution in [2.45, 2.75) is 13.8 Å². The van der Waals surface area contributed by atoms with Crippen LogP contribution in [0.4, 0.5) is 11.4 Å². The van der Waals surface area contributed by atoms with Crippen molar-refractivity contribution in [2.24, 2.45) is 0 Å². The number of hydrogen-bond donors (Lipinski definition) is 2. The minimum Gasteiger partial charge on any atom is -0.497 e. The quantitative estimate of drug-likeness (QED) is 0.243. The lowest BCUT2D eigenvalue weighted by Gasteiger charge is -2.11. The zero-order valence-corrected chi connectivity index (χ0v) is 21.7. The molecule has 0 saturated carbocycles. The van der Waals surface area contributed by atoms with Crippen LogP contribution in [0.5, 0.6) is 11.5 Å². The number of amides is 1. The van der Waals surface area contributed by atoms with Gasteiger partial charge in [-0.3, -0.25) is 4.79 Å². The van der Waals surface area contributed by atoms with E-state index < -0.39 is 0 Å². The molecule has 0 aliphatic heterocycles. The lowest BCUT2D eigenvalue weighted by atomic mass is 9.98. The summed E-state index contributed by atoms with van der Waals surface area (Å²) in [7, 11) is 1.64. The van der Waals surface area contributed by atoms with Crippen molar-refractivity contribution in [1.82, 2.24) is 4.98 Å². The number of nitrogens with two attached hydrogens (primary N) is 1. The zero-order valence-electron chi connectivity index (χ0n) is 20.9. The van der Waals surface area contributed by atoms with Gasteiger partial charge in [0.25, 0.3) is 5.91 Å². The van der Waals surface area contributed by atoms with Crippen molar-refractivity contribution >= 4 is 38.8 Å². The van der Waals surface area contributed by atoms with Gasteiger partial charge < -0.3 is 20.5 Å². The summed E-state index contributed by atoms with van der Waals surface area (Å²) in [6.07, 6.45) is 0. The van der Waals surface area contributed by atoms with Crippen LogP contribution in [-0.2, 0) is 0 Å². The number of carbonyl (C=O) groups is 1. The fourth-order valence-corrected chi connectivity index (χ4v) is 5.21. The van der Waals surface area contributed by atoms with E-state index in [1.54, 1.807) is 7.11 Å². The third-order valence-corrected chi connectivity index (χ3v) is 7.19. The lowest BCUT2D eigenvalue weighted by Crippen LogP contribution is -2.13. The molecule has 5 aromatic rings. The van der Waals surface area contributed by atoms with E-state index in [2.05, 4.69) is 36.5 Å². The molecule has 186 valence electrons. The van der Waals surface area contributed by atoms with Gasteiger partial charge in [0.05, 0.1) is 30.8 Å². The number of nitrogen functional groups attached to an aromatic ring is 1. The predicted molar refractivity (Wildman–Crippen MR) is 152 cm³/mol. The first-order valence-corrected chi connectivity index (χ1v) is 12.8. The number of thiophene rings is 1. The molecule has 5 rings (SSSR count). The minimum absolute atomic E-state index is 0.298. The first kappa shape index (κ1) is 24.3. The van der Waals surface area contributed by atoms with Crippen LogP contribution in [0.25, 0.3) is 32.6 Å². The number of para-hydroxylation sites is 2. The summed E-state index contributed by atoms with van der Waals surface area (Å²) in [6, 6.07) is 25.4. The van der Waals surface area contributed by atoms with Crippen LogP contribution in [0.3, 0.4) is 0 Å². The highest BCUT2D eigenvalue weighted by atomic mass is 32.1. The number of methoxy groups -OCH3 is 1. The molecule has 37 heavy (non-hydrogen) atoms. The fourth-order valence-electron chi connectivity index (χ4n) is 4.19. The van der Waals surface area contributed by atoms with Crippen LogP contribution in [0.15, 0.2) is 78.9 Å². The number of pyridine rings is 1. The van der Waals surface area contributed by atoms with Gasteiger partial charge in [-0.1, -0.05) is 42.0 Å². The van der Waals surface area contributed by atoms with Crippen molar-refractivity contribution in [2.75, 3.05) is 24.8 Å². The van der Waals surface area contributed by atoms with Gasteiger partial charge >= 0.3 is 0 Å². The number of ether oxygens (including phenoxy) is 2. The molecule has 1 amide bonds. The molecule has 0 radical (unpaired) electrons. The van der Waals surface area contributed by atoms with Crippen LogP contribution < -0.4 is 20.5 Å². The van der Waals surface area contributed by atoms with Crippen molar-refractivity contribution in [3.8, 4) is 33.9 Å². The fraction of sp³-hybridized carbons (Fsp3) is 0.133. The maximum absolute atomic E-state index is 13.4. The van der Waals surface area contributed by atoms with E-state index in [1.165, 1.54) is 11.3 Å². The van der Waals surface area contributed by atoms with E-state index in [0.717, 1.165) is 39.1 Å². The summed E-state index contributed by atoms with van der Waals surface area (Å²) in [6.45, 7) is 4.45. The molecule has 7 heteroatoms. The third kappa shape index (κ3) is 4.86. The Hall–Kier alpha value is -4.36. The SMILES string of the molecule is CCOc1ccccc1NC(=O)c1sc2nc(-c3ccc(OC)cc3)cc(-c3ccc(C)cc3)c2c1N. The minimum atomic E-state index is -0.298. The number of nitrogens with one attached hydrogen (secondary N) is 1. The third-order valence-electron chi connectivity index (χ3n) is 6.09. The predicted octanol–water partition coefficient (Wildman–Crippen LogP) is 7.18. The Balaban J connectivity index is 1.63. The smallest absolute Gasteiger partial charge is 0.268 e. The van der Waals surface area contributed by atoms with Crippen LogP contribution in [-0.4, -0.2) is 24.6 Å². The highest BCUT2D eigenvalue weighted by molar-refractivity contribution is 7.21. The standard InChI is InChI=1S/C30H27N3O3S/c1-4-36-25-8-6-5-7-23(25)32-29(34)28-27(31)26-22(19-11-9-18(2)10-12-19)17-24(33-30(26)37-28)20-13-15-21(35-3)16-14-20/h5-17H,4,31H2,1-3H3,(H,32,34). The number of aromatic nitrogens is 1. The number of aryl methyl sites for hydroxylation is 1. The molecule has 0 atom stereocenters. The summed E-state index contributed by atoms with van der Waals surface area (Å²) in [4.78, 5) is 19.4. The van der Waals surface area contributed by atoms with Crippen LogP contribution in [0.2, 0.25) is 0 Å². The average Bonchev–Trinajstić information content (AvgIpc) is 3.26. The number of benzene rings is 3. The molecule has 3 aromatic carbocycles. The Morgan fingerprint density at radius 1 is 1.00 bits per heavy atom. The molecule has 2 aromatic heterocycles. The molecule has 0 saturated heterocycles. The summed E-state index contributed by atoms with van der Waals surface area (Å²) >= 11 is 1.29. The van der Waals surface area contributed by atoms with Gasteiger partial charge in [-0.25, -0.2) is 4.98 Å². The summed E-state index contributed by atoms with van der Waals surface area (Å²) < 4.78 is 11.0. The second-order valence-corrected chi connectivity index (χ2v) is 9.56. The molecular formula is C30H27N3O3S. The van der Waals surface area contributed by atoms with Crippen LogP contribution in [0, 0.1) is 6.92 Å². The summed E-state index contributed by atoms with van der Waals surface area (Å²) in [5.41, 5.74) is 12.5. The molecule has 0 aliphatic carbocycles. The van der Waals surface area contributed by atoms with Gasteiger partial charge in [0.15, 0.2) is 0 Å². The van der Waals surface area contributed by atoms with Gasteiger partial charge in [-0.15, -0.1) is 11.3 Å². The van der Waals surface area contributed by atoms with Gasteiger partial charge in [-0.2, -0.15) is 0 Å². The number of hydrogen-bond acceptors (Lipinski definition) is 6. The zero-order chi connectivity index (χ0) is 25.9. The van der Waals surface area contributed by atoms with Crippen molar-refractivity contribution in [3.63, 3.8) is 0 Å². The molecule has 3 N–H and O–H groups in total. The van der Waals surface area contributed by atoms with E-state index in [0.29, 0.717) is 33.4 Å². The molecular weight excluding hydrogens is 482 g/mol. The molecule has 0 fully saturated rings. The molecule has 6 nitrogen and oxygen atoms in total. The molecule has 0 unspecified atom stereocenters. The van der Waals surface area contributed by atoms with Crippen molar-refractivity contribution < 1.29 is 14.3 Å². The van der Waals surface area contributed by atoms with E-state index in [9.17, 15) is 4.79 Å². The average molecular weight is 510 g/mol. The molecule has 2 heterocycles. The van der Waals surface area contributed by atoms with Crippen LogP contribution in [0.1, 0.15) is 22.2 Å². The number of nitrogens with zero attached hydrogens (tertiary/aromatic N) is 1. The molecule has 0 bridgehead atoms. The van der Waals surface area contributed by atoms with E-state index in [1.807, 2.05) is 61.5 Å². The Bertz CT molecular complexity index is 1580. The van der Waals surface area contributed by atoms with E-state index >= 15 is 0 Å². The number of carbonyl (C=O) groups excluding carboxylic acids is 1. The van der Waals surface area contributed by atoms with E-state index in [-0.39, 0.29) is 5.91 Å². The normalized spacial score (nSPS) is 10.9. The second-order valence-electron chi connectivity index (χ2n) is 8.56. The topological polar surface area (TPSA) is 86.5 Å². The van der Waals surface area contributed by atoms with Gasteiger partial charge in [0, 0.05) is 10.9 Å². The van der Waals surface area contributed by atoms with E-state index in [4.69, 9.17) is 20.2 Å². The largest absolute Gasteiger partial charge is 0.497 e. The second kappa shape index (κ2) is 10.3. The first-order valence-electron chi connectivity index (χ1n) is 12.0.